The van der Waals surface area contributed by atoms with Gasteiger partial charge in [0.2, 0.25) is 0 Å². The molecular formula is C24H30N2S. The molecule has 3 heteroatoms. The summed E-state index contributed by atoms with van der Waals surface area (Å²) in [7, 11) is 2.26. The molecule has 2 atom stereocenters. The van der Waals surface area contributed by atoms with Crippen LogP contribution in [0, 0.1) is 12.3 Å². The van der Waals surface area contributed by atoms with Gasteiger partial charge in [0.1, 0.15) is 4.83 Å². The number of hydrogen-bond donors (Lipinski definition) is 0. The van der Waals surface area contributed by atoms with Gasteiger partial charge in [0.15, 0.2) is 0 Å². The lowest BCUT2D eigenvalue weighted by atomic mass is 9.51. The number of rotatable bonds is 0. The monoisotopic (exact) mass is 378 g/mol. The molecule has 0 aliphatic carbocycles. The number of para-hydroxylation sites is 1. The van der Waals surface area contributed by atoms with Crippen molar-refractivity contribution in [2.45, 2.75) is 65.5 Å². The van der Waals surface area contributed by atoms with Crippen molar-refractivity contribution in [2.24, 2.45) is 12.5 Å². The molecule has 2 aromatic heterocycles. The molecule has 2 nitrogen and oxygen atoms in total. The Morgan fingerprint density at radius 1 is 1.04 bits per heavy atom. The first-order chi connectivity index (χ1) is 12.6. The average molecular weight is 379 g/mol. The fraction of sp³-hybridized carbons (Fsp3) is 0.500. The number of anilines is 1. The normalized spacial score (nSPS) is 27.6. The fourth-order valence-electron chi connectivity index (χ4n) is 6.26. The molecule has 0 amide bonds. The van der Waals surface area contributed by atoms with Crippen LogP contribution in [0.3, 0.4) is 0 Å². The van der Waals surface area contributed by atoms with E-state index < -0.39 is 0 Å². The third-order valence-electron chi connectivity index (χ3n) is 8.52. The lowest BCUT2D eigenvalue weighted by Gasteiger charge is -2.62. The maximum atomic E-state index is 2.75. The van der Waals surface area contributed by atoms with Crippen LogP contribution in [0.1, 0.15) is 70.0 Å². The second kappa shape index (κ2) is 4.81. The number of benzene rings is 1. The lowest BCUT2D eigenvalue weighted by molar-refractivity contribution is 0.0660. The maximum absolute atomic E-state index is 2.75. The Balaban J connectivity index is 1.97. The Morgan fingerprint density at radius 3 is 2.44 bits per heavy atom. The van der Waals surface area contributed by atoms with Crippen molar-refractivity contribution in [2.75, 3.05) is 4.90 Å². The van der Waals surface area contributed by atoms with E-state index in [1.165, 1.54) is 32.7 Å². The van der Waals surface area contributed by atoms with Crippen LogP contribution in [0.15, 0.2) is 29.6 Å². The smallest absolute Gasteiger partial charge is 0.103 e. The van der Waals surface area contributed by atoms with Gasteiger partial charge in [-0.1, -0.05) is 45.9 Å². The van der Waals surface area contributed by atoms with Crippen LogP contribution < -0.4 is 4.90 Å². The van der Waals surface area contributed by atoms with Crippen molar-refractivity contribution in [3.8, 4) is 0 Å². The quantitative estimate of drug-likeness (QED) is 0.424. The third kappa shape index (κ3) is 1.62. The summed E-state index contributed by atoms with van der Waals surface area (Å²) in [6.07, 6.45) is 0. The molecule has 5 rings (SSSR count). The second-order valence-electron chi connectivity index (χ2n) is 9.80. The molecule has 1 unspecified atom stereocenters. The van der Waals surface area contributed by atoms with E-state index >= 15 is 0 Å². The molecule has 1 aromatic carbocycles. The van der Waals surface area contributed by atoms with Crippen LogP contribution in [0.4, 0.5) is 5.69 Å². The molecular weight excluding hydrogens is 348 g/mol. The summed E-state index contributed by atoms with van der Waals surface area (Å²) >= 11 is 1.87. The van der Waals surface area contributed by atoms with E-state index in [1.807, 2.05) is 11.3 Å². The molecule has 0 saturated heterocycles. The van der Waals surface area contributed by atoms with Gasteiger partial charge in [0.05, 0.1) is 11.6 Å². The van der Waals surface area contributed by atoms with Crippen molar-refractivity contribution in [1.82, 2.24) is 4.57 Å². The van der Waals surface area contributed by atoms with Crippen molar-refractivity contribution in [3.63, 3.8) is 0 Å². The first-order valence-electron chi connectivity index (χ1n) is 10.0. The van der Waals surface area contributed by atoms with Crippen LogP contribution in [0.2, 0.25) is 0 Å². The number of fused-ring (bicyclic) bond motifs is 7. The van der Waals surface area contributed by atoms with Gasteiger partial charge in [0, 0.05) is 34.8 Å². The zero-order chi connectivity index (χ0) is 19.5. The predicted octanol–water partition coefficient (Wildman–Crippen LogP) is 6.66. The molecule has 2 aliphatic heterocycles. The van der Waals surface area contributed by atoms with Crippen LogP contribution in [0.5, 0.6) is 0 Å². The highest BCUT2D eigenvalue weighted by Gasteiger charge is 2.65. The fourth-order valence-corrected chi connectivity index (χ4v) is 7.14. The summed E-state index contributed by atoms with van der Waals surface area (Å²) in [5, 5.41) is 3.71. The standard InChI is InChI=1S/C24H30N2S/c1-14-10-9-11-17-19(14)26-15(2)20-18(16-12-13-27-21(16)25(20)8)24(26,7)23(5,6)22(17,3)4/h9-13,15H,1-8H3/t15-,24?/m0/s1. The second-order valence-corrected chi connectivity index (χ2v) is 10.7. The summed E-state index contributed by atoms with van der Waals surface area (Å²) in [6, 6.07) is 9.59. The van der Waals surface area contributed by atoms with Crippen LogP contribution >= 0.6 is 11.3 Å². The maximum Gasteiger partial charge on any atom is 0.103 e. The van der Waals surface area contributed by atoms with E-state index in [0.29, 0.717) is 6.04 Å². The Labute approximate surface area is 166 Å². The SMILES string of the molecule is Cc1cccc2c1N1[C@@H](C)c3c(c4ccsc4n3C)C1(C)C(C)(C)C2(C)C. The average Bonchev–Trinajstić information content (AvgIpc) is 3.22. The zero-order valence-corrected chi connectivity index (χ0v) is 18.6. The minimum Gasteiger partial charge on any atom is -0.353 e. The molecule has 0 N–H and O–H groups in total. The van der Waals surface area contributed by atoms with Crippen molar-refractivity contribution >= 4 is 27.2 Å². The molecule has 3 aromatic rings. The molecule has 0 fully saturated rings. The highest BCUT2D eigenvalue weighted by atomic mass is 32.1. The topological polar surface area (TPSA) is 8.17 Å². The van der Waals surface area contributed by atoms with Gasteiger partial charge < -0.3 is 9.47 Å². The Kier molecular flexibility index (Phi) is 3.09. The van der Waals surface area contributed by atoms with Crippen molar-refractivity contribution < 1.29 is 0 Å². The predicted molar refractivity (Wildman–Crippen MR) is 117 cm³/mol. The summed E-state index contributed by atoms with van der Waals surface area (Å²) in [6.45, 7) is 17.1. The number of nitrogens with zero attached hydrogens (tertiary/aromatic N) is 2. The van der Waals surface area contributed by atoms with E-state index in [9.17, 15) is 0 Å². The van der Waals surface area contributed by atoms with Gasteiger partial charge in [-0.2, -0.15) is 0 Å². The summed E-state index contributed by atoms with van der Waals surface area (Å²) in [4.78, 5) is 4.17. The molecule has 142 valence electrons. The first kappa shape index (κ1) is 17.4. The molecule has 2 aliphatic rings. The first-order valence-corrected chi connectivity index (χ1v) is 10.9. The van der Waals surface area contributed by atoms with Crippen molar-refractivity contribution in [3.05, 3.63) is 52.0 Å². The number of thiophene rings is 1. The highest BCUT2D eigenvalue weighted by molar-refractivity contribution is 7.16. The molecule has 4 heterocycles. The summed E-state index contributed by atoms with van der Waals surface area (Å²) in [5.41, 5.74) is 7.48. The molecule has 0 saturated carbocycles. The lowest BCUT2D eigenvalue weighted by Crippen LogP contribution is -2.62. The van der Waals surface area contributed by atoms with Crippen LogP contribution in [0.25, 0.3) is 10.2 Å². The molecule has 27 heavy (non-hydrogen) atoms. The molecule has 0 spiro atoms. The largest absolute Gasteiger partial charge is 0.353 e. The van der Waals surface area contributed by atoms with Crippen molar-refractivity contribution in [1.29, 1.82) is 0 Å². The van der Waals surface area contributed by atoms with Gasteiger partial charge in [-0.15, -0.1) is 11.3 Å². The third-order valence-corrected chi connectivity index (χ3v) is 9.51. The van der Waals surface area contributed by atoms with E-state index in [2.05, 4.69) is 94.6 Å². The zero-order valence-electron chi connectivity index (χ0n) is 17.8. The minimum absolute atomic E-state index is 0.0506. The summed E-state index contributed by atoms with van der Waals surface area (Å²) in [5.74, 6) is 0. The van der Waals surface area contributed by atoms with Gasteiger partial charge in [-0.3, -0.25) is 0 Å². The van der Waals surface area contributed by atoms with E-state index in [4.69, 9.17) is 0 Å². The minimum atomic E-state index is -0.0506. The highest BCUT2D eigenvalue weighted by Crippen LogP contribution is 2.68. The number of hydrogen-bond acceptors (Lipinski definition) is 2. The van der Waals surface area contributed by atoms with Gasteiger partial charge in [-0.05, 0) is 48.8 Å². The van der Waals surface area contributed by atoms with E-state index in [-0.39, 0.29) is 16.4 Å². The van der Waals surface area contributed by atoms with Crippen LogP contribution in [-0.4, -0.2) is 4.57 Å². The van der Waals surface area contributed by atoms with Crippen LogP contribution in [-0.2, 0) is 18.0 Å². The number of aryl methyl sites for hydroxylation is 2. The van der Waals surface area contributed by atoms with Gasteiger partial charge in [0.25, 0.3) is 0 Å². The Morgan fingerprint density at radius 2 is 1.74 bits per heavy atom. The Hall–Kier alpha value is -1.74. The number of aromatic nitrogens is 1. The van der Waals surface area contributed by atoms with Gasteiger partial charge >= 0.3 is 0 Å². The van der Waals surface area contributed by atoms with Gasteiger partial charge in [-0.25, -0.2) is 0 Å². The Bertz CT molecular complexity index is 1100. The molecule has 0 radical (unpaired) electrons. The molecule has 0 bridgehead atoms. The summed E-state index contributed by atoms with van der Waals surface area (Å²) < 4.78 is 2.46. The van der Waals surface area contributed by atoms with E-state index in [1.54, 1.807) is 5.56 Å². The van der Waals surface area contributed by atoms with E-state index in [0.717, 1.165) is 0 Å².